The van der Waals surface area contributed by atoms with Crippen LogP contribution >= 0.6 is 22.9 Å². The number of ketones is 1. The molecule has 1 aromatic heterocycles. The lowest BCUT2D eigenvalue weighted by Gasteiger charge is -2.13. The van der Waals surface area contributed by atoms with Crippen LogP contribution in [0, 0.1) is 0 Å². The van der Waals surface area contributed by atoms with Crippen LogP contribution < -0.4 is 0 Å². The maximum atomic E-state index is 12.7. The lowest BCUT2D eigenvalue weighted by molar-refractivity contribution is -0.143. The molecule has 0 bridgehead atoms. The number of rotatable bonds is 6. The maximum Gasteiger partial charge on any atom is 0.306 e. The second-order valence-corrected chi connectivity index (χ2v) is 5.86. The predicted molar refractivity (Wildman–Crippen MR) is 84.1 cm³/mol. The molecule has 0 spiro atoms. The van der Waals surface area contributed by atoms with Gasteiger partial charge in [0.25, 0.3) is 0 Å². The van der Waals surface area contributed by atoms with Crippen molar-refractivity contribution in [2.24, 2.45) is 0 Å². The Morgan fingerprint density at radius 1 is 1.24 bits per heavy atom. The van der Waals surface area contributed by atoms with Gasteiger partial charge in [0.15, 0.2) is 5.78 Å². The first-order chi connectivity index (χ1) is 10.1. The zero-order valence-electron chi connectivity index (χ0n) is 11.5. The third-order valence-electron chi connectivity index (χ3n) is 3.01. The van der Waals surface area contributed by atoms with E-state index >= 15 is 0 Å². The second-order valence-electron chi connectivity index (χ2n) is 4.45. The summed E-state index contributed by atoms with van der Waals surface area (Å²) in [6.45, 7) is 2.06. The summed E-state index contributed by atoms with van der Waals surface area (Å²) in [5.74, 6) is -0.967. The fraction of sp³-hybridized carbons (Fsp3) is 0.250. The summed E-state index contributed by atoms with van der Waals surface area (Å²) in [5, 5.41) is 2.47. The van der Waals surface area contributed by atoms with Gasteiger partial charge in [-0.3, -0.25) is 9.59 Å². The van der Waals surface area contributed by atoms with Crippen molar-refractivity contribution < 1.29 is 14.3 Å². The quantitative estimate of drug-likeness (QED) is 0.587. The zero-order chi connectivity index (χ0) is 15.2. The van der Waals surface area contributed by atoms with E-state index in [4.69, 9.17) is 16.3 Å². The van der Waals surface area contributed by atoms with Crippen LogP contribution in [0.5, 0.6) is 0 Å². The Labute approximate surface area is 132 Å². The van der Waals surface area contributed by atoms with Gasteiger partial charge in [-0.2, -0.15) is 0 Å². The number of carbonyl (C=O) groups excluding carboxylic acids is 2. The number of hydrogen-bond donors (Lipinski definition) is 0. The van der Waals surface area contributed by atoms with Crippen molar-refractivity contribution in [1.82, 2.24) is 0 Å². The molecule has 21 heavy (non-hydrogen) atoms. The third-order valence-corrected chi connectivity index (χ3v) is 4.25. The standard InChI is InChI=1S/C16H15ClO3S/c1-2-20-15(18)10-13(14-4-3-9-21-14)16(19)11-5-7-12(17)8-6-11/h3-9,13H,2,10H2,1H3. The summed E-state index contributed by atoms with van der Waals surface area (Å²) in [6, 6.07) is 10.4. The van der Waals surface area contributed by atoms with Crippen LogP contribution in [0.3, 0.4) is 0 Å². The normalized spacial score (nSPS) is 11.9. The number of carbonyl (C=O) groups is 2. The average Bonchev–Trinajstić information content (AvgIpc) is 2.99. The number of thiophene rings is 1. The molecule has 110 valence electrons. The van der Waals surface area contributed by atoms with Crippen LogP contribution in [-0.4, -0.2) is 18.4 Å². The molecule has 0 radical (unpaired) electrons. The lowest BCUT2D eigenvalue weighted by atomic mass is 9.93. The molecule has 0 saturated heterocycles. The predicted octanol–water partition coefficient (Wildman–Crippen LogP) is 4.32. The van der Waals surface area contributed by atoms with E-state index in [1.165, 1.54) is 11.3 Å². The van der Waals surface area contributed by atoms with Gasteiger partial charge in [-0.1, -0.05) is 17.7 Å². The molecule has 0 fully saturated rings. The fourth-order valence-electron chi connectivity index (χ4n) is 2.01. The molecule has 1 atom stereocenters. The molecule has 0 aliphatic rings. The molecule has 0 saturated carbocycles. The maximum absolute atomic E-state index is 12.7. The monoisotopic (exact) mass is 322 g/mol. The number of esters is 1. The Kier molecular flexibility index (Phi) is 5.53. The first kappa shape index (κ1) is 15.7. The minimum Gasteiger partial charge on any atom is -0.466 e. The zero-order valence-corrected chi connectivity index (χ0v) is 13.1. The fourth-order valence-corrected chi connectivity index (χ4v) is 2.97. The summed E-state index contributed by atoms with van der Waals surface area (Å²) in [5.41, 5.74) is 0.544. The molecule has 0 aliphatic heterocycles. The summed E-state index contributed by atoms with van der Waals surface area (Å²) >= 11 is 7.30. The highest BCUT2D eigenvalue weighted by molar-refractivity contribution is 7.10. The Morgan fingerprint density at radius 3 is 2.52 bits per heavy atom. The Hall–Kier alpha value is -1.65. The smallest absolute Gasteiger partial charge is 0.306 e. The Morgan fingerprint density at radius 2 is 1.95 bits per heavy atom. The van der Waals surface area contributed by atoms with E-state index < -0.39 is 5.92 Å². The minimum atomic E-state index is -0.509. The van der Waals surface area contributed by atoms with E-state index in [0.29, 0.717) is 17.2 Å². The summed E-state index contributed by atoms with van der Waals surface area (Å²) in [7, 11) is 0. The molecule has 0 amide bonds. The highest BCUT2D eigenvalue weighted by Gasteiger charge is 2.26. The van der Waals surface area contributed by atoms with Crippen molar-refractivity contribution in [3.8, 4) is 0 Å². The van der Waals surface area contributed by atoms with Gasteiger partial charge in [0.05, 0.1) is 18.9 Å². The van der Waals surface area contributed by atoms with Crippen molar-refractivity contribution in [1.29, 1.82) is 0 Å². The van der Waals surface area contributed by atoms with Gasteiger partial charge in [0.2, 0.25) is 0 Å². The van der Waals surface area contributed by atoms with Crippen LogP contribution in [0.1, 0.15) is 34.5 Å². The summed E-state index contributed by atoms with van der Waals surface area (Å²) in [4.78, 5) is 25.3. The first-order valence-electron chi connectivity index (χ1n) is 6.60. The van der Waals surface area contributed by atoms with Gasteiger partial charge in [-0.15, -0.1) is 11.3 Å². The van der Waals surface area contributed by atoms with Gasteiger partial charge >= 0.3 is 5.97 Å². The van der Waals surface area contributed by atoms with Crippen LogP contribution in [0.4, 0.5) is 0 Å². The Bertz CT molecular complexity index is 605. The average molecular weight is 323 g/mol. The van der Waals surface area contributed by atoms with Gasteiger partial charge in [-0.25, -0.2) is 0 Å². The summed E-state index contributed by atoms with van der Waals surface area (Å²) in [6.07, 6.45) is 0.0514. The third kappa shape index (κ3) is 4.16. The Balaban J connectivity index is 2.24. The van der Waals surface area contributed by atoms with Gasteiger partial charge < -0.3 is 4.74 Å². The molecule has 0 aliphatic carbocycles. The van der Waals surface area contributed by atoms with E-state index in [9.17, 15) is 9.59 Å². The number of ether oxygens (including phenoxy) is 1. The van der Waals surface area contributed by atoms with Crippen LogP contribution in [-0.2, 0) is 9.53 Å². The summed E-state index contributed by atoms with van der Waals surface area (Å²) < 4.78 is 4.97. The molecule has 3 nitrogen and oxygen atoms in total. The second kappa shape index (κ2) is 7.38. The minimum absolute atomic E-state index is 0.0514. The molecule has 5 heteroatoms. The van der Waals surface area contributed by atoms with Crippen LogP contribution in [0.15, 0.2) is 41.8 Å². The van der Waals surface area contributed by atoms with Crippen molar-refractivity contribution in [2.45, 2.75) is 19.3 Å². The van der Waals surface area contributed by atoms with E-state index in [-0.39, 0.29) is 18.2 Å². The molecule has 1 heterocycles. The van der Waals surface area contributed by atoms with E-state index in [2.05, 4.69) is 0 Å². The topological polar surface area (TPSA) is 43.4 Å². The molecule has 1 aromatic carbocycles. The van der Waals surface area contributed by atoms with E-state index in [1.807, 2.05) is 17.5 Å². The SMILES string of the molecule is CCOC(=O)CC(C(=O)c1ccc(Cl)cc1)c1cccs1. The lowest BCUT2D eigenvalue weighted by Crippen LogP contribution is -2.17. The first-order valence-corrected chi connectivity index (χ1v) is 7.86. The number of benzene rings is 1. The van der Waals surface area contributed by atoms with Gasteiger partial charge in [0.1, 0.15) is 0 Å². The molecule has 2 rings (SSSR count). The molecule has 2 aromatic rings. The van der Waals surface area contributed by atoms with Gasteiger partial charge in [-0.05, 0) is 42.6 Å². The number of halogens is 1. The number of Topliss-reactive ketones (excluding diaryl/α,β-unsaturated/α-hetero) is 1. The van der Waals surface area contributed by atoms with Crippen LogP contribution in [0.25, 0.3) is 0 Å². The largest absolute Gasteiger partial charge is 0.466 e. The van der Waals surface area contributed by atoms with E-state index in [1.54, 1.807) is 31.2 Å². The highest BCUT2D eigenvalue weighted by atomic mass is 35.5. The van der Waals surface area contributed by atoms with Crippen LogP contribution in [0.2, 0.25) is 5.02 Å². The molecular weight excluding hydrogens is 308 g/mol. The van der Waals surface area contributed by atoms with Crippen molar-refractivity contribution in [2.75, 3.05) is 6.61 Å². The van der Waals surface area contributed by atoms with Crippen molar-refractivity contribution in [3.05, 3.63) is 57.2 Å². The molecular formula is C16H15ClO3S. The highest BCUT2D eigenvalue weighted by Crippen LogP contribution is 2.29. The van der Waals surface area contributed by atoms with Crippen molar-refractivity contribution in [3.63, 3.8) is 0 Å². The van der Waals surface area contributed by atoms with Crippen molar-refractivity contribution >= 4 is 34.7 Å². The molecule has 0 N–H and O–H groups in total. The van der Waals surface area contributed by atoms with Gasteiger partial charge in [0, 0.05) is 15.5 Å². The number of hydrogen-bond acceptors (Lipinski definition) is 4. The van der Waals surface area contributed by atoms with E-state index in [0.717, 1.165) is 4.88 Å². The molecule has 1 unspecified atom stereocenters.